The summed E-state index contributed by atoms with van der Waals surface area (Å²) in [4.78, 5) is 14.3. The molecular weight excluding hydrogens is 256 g/mol. The minimum Gasteiger partial charge on any atom is -0.394 e. The lowest BCUT2D eigenvalue weighted by Gasteiger charge is -2.36. The Hall–Kier alpha value is -1.59. The van der Waals surface area contributed by atoms with E-state index >= 15 is 0 Å². The van der Waals surface area contributed by atoms with Crippen LogP contribution in [-0.2, 0) is 11.2 Å². The molecule has 2 heterocycles. The number of aliphatic hydroxyl groups is 1. The van der Waals surface area contributed by atoms with Crippen LogP contribution in [0.3, 0.4) is 0 Å². The van der Waals surface area contributed by atoms with Crippen molar-refractivity contribution in [2.45, 2.75) is 25.6 Å². The van der Waals surface area contributed by atoms with Crippen LogP contribution < -0.4 is 5.32 Å². The molecule has 0 aliphatic carbocycles. The zero-order chi connectivity index (χ0) is 14.1. The Balaban J connectivity index is 1.78. The number of carbonyl (C=O) groups excluding carboxylic acids is 1. The van der Waals surface area contributed by atoms with Crippen molar-refractivity contribution in [3.8, 4) is 0 Å². The highest BCUT2D eigenvalue weighted by molar-refractivity contribution is 5.95. The number of amides is 1. The molecule has 0 aromatic heterocycles. The van der Waals surface area contributed by atoms with Gasteiger partial charge in [-0.1, -0.05) is 6.07 Å². The summed E-state index contributed by atoms with van der Waals surface area (Å²) in [6.07, 6.45) is 0.693. The number of fused-ring (bicyclic) bond motifs is 1. The van der Waals surface area contributed by atoms with E-state index < -0.39 is 0 Å². The van der Waals surface area contributed by atoms with Gasteiger partial charge in [0.25, 0.3) is 5.91 Å². The largest absolute Gasteiger partial charge is 0.394 e. The molecule has 5 heteroatoms. The molecule has 108 valence electrons. The van der Waals surface area contributed by atoms with E-state index in [0.717, 1.165) is 18.7 Å². The van der Waals surface area contributed by atoms with Crippen LogP contribution in [0, 0.1) is 0 Å². The zero-order valence-corrected chi connectivity index (χ0v) is 11.6. The van der Waals surface area contributed by atoms with Crippen LogP contribution in [0.2, 0.25) is 0 Å². The third kappa shape index (κ3) is 2.51. The van der Waals surface area contributed by atoms with Crippen molar-refractivity contribution in [3.05, 3.63) is 29.3 Å². The predicted octanol–water partition coefficient (Wildman–Crippen LogP) is 0.876. The SMILES string of the molecule is CC1CN(C(=O)c2ccc3c(c2)NCC3)CC(CO)O1. The van der Waals surface area contributed by atoms with Crippen molar-refractivity contribution in [2.24, 2.45) is 0 Å². The van der Waals surface area contributed by atoms with Crippen molar-refractivity contribution in [3.63, 3.8) is 0 Å². The number of ether oxygens (including phenoxy) is 1. The van der Waals surface area contributed by atoms with Gasteiger partial charge in [-0.3, -0.25) is 4.79 Å². The van der Waals surface area contributed by atoms with Crippen LogP contribution in [0.5, 0.6) is 0 Å². The Morgan fingerprint density at radius 3 is 3.15 bits per heavy atom. The molecule has 1 fully saturated rings. The van der Waals surface area contributed by atoms with Crippen LogP contribution in [0.1, 0.15) is 22.8 Å². The Morgan fingerprint density at radius 1 is 1.50 bits per heavy atom. The van der Waals surface area contributed by atoms with E-state index in [-0.39, 0.29) is 24.7 Å². The highest BCUT2D eigenvalue weighted by Crippen LogP contribution is 2.24. The van der Waals surface area contributed by atoms with Gasteiger partial charge in [0.15, 0.2) is 0 Å². The summed E-state index contributed by atoms with van der Waals surface area (Å²) in [6, 6.07) is 5.84. The zero-order valence-electron chi connectivity index (χ0n) is 11.6. The molecule has 2 unspecified atom stereocenters. The van der Waals surface area contributed by atoms with Crippen LogP contribution in [0.15, 0.2) is 18.2 Å². The molecule has 1 aromatic rings. The van der Waals surface area contributed by atoms with Gasteiger partial charge in [-0.2, -0.15) is 0 Å². The molecule has 20 heavy (non-hydrogen) atoms. The van der Waals surface area contributed by atoms with Gasteiger partial charge in [0, 0.05) is 30.9 Å². The van der Waals surface area contributed by atoms with Crippen LogP contribution >= 0.6 is 0 Å². The van der Waals surface area contributed by atoms with E-state index in [0.29, 0.717) is 18.7 Å². The number of nitrogens with one attached hydrogen (secondary N) is 1. The third-order valence-electron chi connectivity index (χ3n) is 3.88. The Labute approximate surface area is 118 Å². The average molecular weight is 276 g/mol. The summed E-state index contributed by atoms with van der Waals surface area (Å²) in [5, 5.41) is 12.5. The highest BCUT2D eigenvalue weighted by atomic mass is 16.5. The number of aliphatic hydroxyl groups excluding tert-OH is 1. The first kappa shape index (κ1) is 13.4. The number of anilines is 1. The molecule has 1 aromatic carbocycles. The Morgan fingerprint density at radius 2 is 2.35 bits per heavy atom. The number of hydrogen-bond acceptors (Lipinski definition) is 4. The summed E-state index contributed by atoms with van der Waals surface area (Å²) in [5.74, 6) is 0.00935. The first-order valence-corrected chi connectivity index (χ1v) is 7.10. The standard InChI is InChI=1S/C15H20N2O3/c1-10-7-17(8-13(9-18)20-10)15(19)12-3-2-11-4-5-16-14(11)6-12/h2-3,6,10,13,16,18H,4-5,7-9H2,1H3. The lowest BCUT2D eigenvalue weighted by Crippen LogP contribution is -2.50. The summed E-state index contributed by atoms with van der Waals surface area (Å²) >= 11 is 0. The maximum Gasteiger partial charge on any atom is 0.254 e. The molecule has 3 rings (SSSR count). The lowest BCUT2D eigenvalue weighted by molar-refractivity contribution is -0.0858. The number of carbonyl (C=O) groups is 1. The van der Waals surface area contributed by atoms with Crippen molar-refractivity contribution in [2.75, 3.05) is 31.6 Å². The molecule has 2 N–H and O–H groups in total. The van der Waals surface area contributed by atoms with E-state index in [4.69, 9.17) is 4.74 Å². The van der Waals surface area contributed by atoms with E-state index in [1.54, 1.807) is 4.90 Å². The molecule has 1 amide bonds. The quantitative estimate of drug-likeness (QED) is 0.841. The Kier molecular flexibility index (Phi) is 3.63. The summed E-state index contributed by atoms with van der Waals surface area (Å²) in [7, 11) is 0. The summed E-state index contributed by atoms with van der Waals surface area (Å²) in [5.41, 5.74) is 3.03. The molecule has 5 nitrogen and oxygen atoms in total. The smallest absolute Gasteiger partial charge is 0.254 e. The molecule has 0 bridgehead atoms. The van der Waals surface area contributed by atoms with Gasteiger partial charge in [-0.15, -0.1) is 0 Å². The van der Waals surface area contributed by atoms with E-state index in [1.807, 2.05) is 25.1 Å². The van der Waals surface area contributed by atoms with Gasteiger partial charge in [0.05, 0.1) is 18.8 Å². The van der Waals surface area contributed by atoms with Gasteiger partial charge in [0.2, 0.25) is 0 Å². The molecule has 0 radical (unpaired) electrons. The summed E-state index contributed by atoms with van der Waals surface area (Å²) in [6.45, 7) is 3.82. The van der Waals surface area contributed by atoms with E-state index in [9.17, 15) is 9.90 Å². The second-order valence-electron chi connectivity index (χ2n) is 5.51. The monoisotopic (exact) mass is 276 g/mol. The number of hydrogen-bond donors (Lipinski definition) is 2. The molecule has 2 atom stereocenters. The lowest BCUT2D eigenvalue weighted by atomic mass is 10.1. The molecular formula is C15H20N2O3. The minimum absolute atomic E-state index is 0.00935. The van der Waals surface area contributed by atoms with Crippen LogP contribution in [-0.4, -0.2) is 54.4 Å². The third-order valence-corrected chi connectivity index (χ3v) is 3.88. The van der Waals surface area contributed by atoms with Gasteiger partial charge in [0.1, 0.15) is 0 Å². The molecule has 1 saturated heterocycles. The number of morpholine rings is 1. The maximum absolute atomic E-state index is 12.6. The fraction of sp³-hybridized carbons (Fsp3) is 0.533. The van der Waals surface area contributed by atoms with Gasteiger partial charge < -0.3 is 20.1 Å². The summed E-state index contributed by atoms with van der Waals surface area (Å²) < 4.78 is 5.57. The molecule has 2 aliphatic rings. The maximum atomic E-state index is 12.6. The fourth-order valence-corrected chi connectivity index (χ4v) is 2.92. The molecule has 2 aliphatic heterocycles. The van der Waals surface area contributed by atoms with Crippen molar-refractivity contribution >= 4 is 11.6 Å². The first-order chi connectivity index (χ1) is 9.67. The van der Waals surface area contributed by atoms with Crippen LogP contribution in [0.25, 0.3) is 0 Å². The van der Waals surface area contributed by atoms with Gasteiger partial charge >= 0.3 is 0 Å². The average Bonchev–Trinajstić information content (AvgIpc) is 2.93. The Bertz CT molecular complexity index is 518. The van der Waals surface area contributed by atoms with Crippen molar-refractivity contribution < 1.29 is 14.6 Å². The highest BCUT2D eigenvalue weighted by Gasteiger charge is 2.29. The predicted molar refractivity (Wildman–Crippen MR) is 76.0 cm³/mol. The number of rotatable bonds is 2. The van der Waals surface area contributed by atoms with E-state index in [2.05, 4.69) is 5.32 Å². The molecule has 0 spiro atoms. The fourth-order valence-electron chi connectivity index (χ4n) is 2.92. The second-order valence-corrected chi connectivity index (χ2v) is 5.51. The number of nitrogens with zero attached hydrogens (tertiary/aromatic N) is 1. The van der Waals surface area contributed by atoms with Crippen LogP contribution in [0.4, 0.5) is 5.69 Å². The van der Waals surface area contributed by atoms with Gasteiger partial charge in [-0.25, -0.2) is 0 Å². The van der Waals surface area contributed by atoms with Crippen molar-refractivity contribution in [1.29, 1.82) is 0 Å². The van der Waals surface area contributed by atoms with Crippen molar-refractivity contribution in [1.82, 2.24) is 4.90 Å². The number of benzene rings is 1. The first-order valence-electron chi connectivity index (χ1n) is 7.10. The normalized spacial score (nSPS) is 25.2. The van der Waals surface area contributed by atoms with Gasteiger partial charge in [-0.05, 0) is 31.0 Å². The minimum atomic E-state index is -0.282. The molecule has 0 saturated carbocycles. The topological polar surface area (TPSA) is 61.8 Å². The second kappa shape index (κ2) is 5.42. The van der Waals surface area contributed by atoms with E-state index in [1.165, 1.54) is 5.56 Å².